The third kappa shape index (κ3) is 9.87. The molecule has 0 amide bonds. The lowest BCUT2D eigenvalue weighted by atomic mass is 10.1. The first-order valence-corrected chi connectivity index (χ1v) is 6.59. The number of ether oxygens (including phenoxy) is 2. The minimum atomic E-state index is -0.312. The molecule has 0 fully saturated rings. The molecule has 0 aromatic rings. The van der Waals surface area contributed by atoms with Crippen molar-refractivity contribution in [2.45, 2.75) is 59.0 Å². The van der Waals surface area contributed by atoms with E-state index in [1.165, 1.54) is 6.92 Å². The molecule has 0 saturated heterocycles. The molecule has 4 nitrogen and oxygen atoms in total. The molecular formula is C14H24O4. The molecule has 0 unspecified atom stereocenters. The Kier molecular flexibility index (Phi) is 10.0. The van der Waals surface area contributed by atoms with Crippen LogP contribution in [0.15, 0.2) is 12.2 Å². The minimum Gasteiger partial charge on any atom is -0.462 e. The van der Waals surface area contributed by atoms with Gasteiger partial charge in [-0.1, -0.05) is 26.7 Å². The van der Waals surface area contributed by atoms with Crippen molar-refractivity contribution < 1.29 is 19.1 Å². The molecule has 104 valence electrons. The van der Waals surface area contributed by atoms with Gasteiger partial charge in [-0.3, -0.25) is 9.59 Å². The number of hydrogen-bond donors (Lipinski definition) is 0. The average Bonchev–Trinajstić information content (AvgIpc) is 2.34. The molecule has 0 aliphatic heterocycles. The molecule has 0 saturated carbocycles. The predicted octanol–water partition coefficient (Wildman–Crippen LogP) is 3.01. The molecule has 0 aromatic carbocycles. The Labute approximate surface area is 109 Å². The molecule has 1 atom stereocenters. The summed E-state index contributed by atoms with van der Waals surface area (Å²) in [6, 6.07) is 0. The van der Waals surface area contributed by atoms with E-state index in [2.05, 4.69) is 6.92 Å². The van der Waals surface area contributed by atoms with Crippen LogP contribution in [-0.2, 0) is 19.1 Å². The number of carbonyl (C=O) groups is 2. The maximum absolute atomic E-state index is 11.3. The van der Waals surface area contributed by atoms with Crippen LogP contribution in [0.3, 0.4) is 0 Å². The summed E-state index contributed by atoms with van der Waals surface area (Å²) in [5, 5.41) is 0. The number of esters is 2. The quantitative estimate of drug-likeness (QED) is 0.361. The van der Waals surface area contributed by atoms with Crippen LogP contribution in [0.1, 0.15) is 52.9 Å². The lowest BCUT2D eigenvalue weighted by Gasteiger charge is -2.13. The normalized spacial score (nSPS) is 12.4. The Morgan fingerprint density at radius 2 is 1.94 bits per heavy atom. The lowest BCUT2D eigenvalue weighted by molar-refractivity contribution is -0.147. The van der Waals surface area contributed by atoms with Gasteiger partial charge in [0.25, 0.3) is 0 Å². The van der Waals surface area contributed by atoms with Crippen LogP contribution in [0.4, 0.5) is 0 Å². The van der Waals surface area contributed by atoms with Crippen LogP contribution in [0.25, 0.3) is 0 Å². The summed E-state index contributed by atoms with van der Waals surface area (Å²) < 4.78 is 10.1. The van der Waals surface area contributed by atoms with Crippen molar-refractivity contribution in [1.29, 1.82) is 0 Å². The van der Waals surface area contributed by atoms with Gasteiger partial charge in [-0.25, -0.2) is 0 Å². The van der Waals surface area contributed by atoms with E-state index in [-0.39, 0.29) is 24.6 Å². The summed E-state index contributed by atoms with van der Waals surface area (Å²) >= 11 is 0. The Morgan fingerprint density at radius 3 is 2.50 bits per heavy atom. The van der Waals surface area contributed by atoms with E-state index >= 15 is 0 Å². The second-order valence-corrected chi connectivity index (χ2v) is 4.11. The maximum atomic E-state index is 11.3. The molecule has 0 aromatic heterocycles. The molecule has 0 heterocycles. The Hall–Kier alpha value is -1.32. The minimum absolute atomic E-state index is 0.200. The second-order valence-electron chi connectivity index (χ2n) is 4.11. The van der Waals surface area contributed by atoms with E-state index in [0.717, 1.165) is 25.7 Å². The third-order valence-electron chi connectivity index (χ3n) is 2.40. The largest absolute Gasteiger partial charge is 0.462 e. The van der Waals surface area contributed by atoms with Crippen LogP contribution >= 0.6 is 0 Å². The fourth-order valence-electron chi connectivity index (χ4n) is 1.41. The predicted molar refractivity (Wildman–Crippen MR) is 70.1 cm³/mol. The van der Waals surface area contributed by atoms with Crippen molar-refractivity contribution in [3.8, 4) is 0 Å². The van der Waals surface area contributed by atoms with Crippen LogP contribution in [0.2, 0.25) is 0 Å². The molecule has 0 radical (unpaired) electrons. The highest BCUT2D eigenvalue weighted by Gasteiger charge is 2.09. The Morgan fingerprint density at radius 1 is 1.22 bits per heavy atom. The van der Waals surface area contributed by atoms with Gasteiger partial charge in [0.1, 0.15) is 12.7 Å². The zero-order valence-corrected chi connectivity index (χ0v) is 11.6. The van der Waals surface area contributed by atoms with Crippen molar-refractivity contribution in [3.05, 3.63) is 12.2 Å². The molecule has 18 heavy (non-hydrogen) atoms. The third-order valence-corrected chi connectivity index (χ3v) is 2.40. The summed E-state index contributed by atoms with van der Waals surface area (Å²) in [6.45, 7) is 5.49. The topological polar surface area (TPSA) is 52.6 Å². The molecule has 0 spiro atoms. The molecular weight excluding hydrogens is 232 g/mol. The lowest BCUT2D eigenvalue weighted by Crippen LogP contribution is -2.15. The highest BCUT2D eigenvalue weighted by Crippen LogP contribution is 2.09. The van der Waals surface area contributed by atoms with Gasteiger partial charge >= 0.3 is 11.9 Å². The zero-order chi connectivity index (χ0) is 13.8. The van der Waals surface area contributed by atoms with Crippen LogP contribution in [0, 0.1) is 0 Å². The van der Waals surface area contributed by atoms with Gasteiger partial charge in [0.2, 0.25) is 0 Å². The summed E-state index contributed by atoms with van der Waals surface area (Å²) in [5.41, 5.74) is 0. The van der Waals surface area contributed by atoms with Crippen LogP contribution in [0.5, 0.6) is 0 Å². The number of hydrogen-bond acceptors (Lipinski definition) is 4. The van der Waals surface area contributed by atoms with Gasteiger partial charge in [0.05, 0.1) is 0 Å². The van der Waals surface area contributed by atoms with E-state index in [1.54, 1.807) is 19.1 Å². The van der Waals surface area contributed by atoms with Crippen LogP contribution in [-0.4, -0.2) is 24.6 Å². The van der Waals surface area contributed by atoms with Crippen molar-refractivity contribution >= 4 is 11.9 Å². The van der Waals surface area contributed by atoms with Crippen molar-refractivity contribution in [1.82, 2.24) is 0 Å². The molecule has 4 heteroatoms. The first-order chi connectivity index (χ1) is 8.60. The summed E-state index contributed by atoms with van der Waals surface area (Å²) in [4.78, 5) is 21.8. The van der Waals surface area contributed by atoms with Crippen molar-refractivity contribution in [2.75, 3.05) is 6.61 Å². The summed E-state index contributed by atoms with van der Waals surface area (Å²) in [5.74, 6) is -0.513. The van der Waals surface area contributed by atoms with E-state index in [9.17, 15) is 9.59 Å². The van der Waals surface area contributed by atoms with E-state index < -0.39 is 0 Å². The summed E-state index contributed by atoms with van der Waals surface area (Å²) in [7, 11) is 0. The first kappa shape index (κ1) is 16.7. The SMILES string of the molecule is CCCCC[C@@H](/C=C\COC(C)=O)OC(=O)CC. The van der Waals surface area contributed by atoms with E-state index in [1.807, 2.05) is 0 Å². The standard InChI is InChI=1S/C14H24O4/c1-4-6-7-9-13(18-14(16)5-2)10-8-11-17-12(3)15/h8,10,13H,4-7,9,11H2,1-3H3/b10-8-/t13-/m0/s1. The fourth-order valence-corrected chi connectivity index (χ4v) is 1.41. The number of unbranched alkanes of at least 4 members (excludes halogenated alkanes) is 2. The van der Waals surface area contributed by atoms with Gasteiger partial charge < -0.3 is 9.47 Å². The van der Waals surface area contributed by atoms with Gasteiger partial charge in [0.15, 0.2) is 0 Å². The number of carbonyl (C=O) groups excluding carboxylic acids is 2. The van der Waals surface area contributed by atoms with Crippen LogP contribution < -0.4 is 0 Å². The van der Waals surface area contributed by atoms with Gasteiger partial charge in [-0.2, -0.15) is 0 Å². The second kappa shape index (κ2) is 10.8. The van der Waals surface area contributed by atoms with Gasteiger partial charge in [-0.15, -0.1) is 0 Å². The van der Waals surface area contributed by atoms with Crippen molar-refractivity contribution in [2.24, 2.45) is 0 Å². The van der Waals surface area contributed by atoms with E-state index in [4.69, 9.17) is 9.47 Å². The van der Waals surface area contributed by atoms with Crippen molar-refractivity contribution in [3.63, 3.8) is 0 Å². The Bertz CT molecular complexity index is 271. The maximum Gasteiger partial charge on any atom is 0.306 e. The highest BCUT2D eigenvalue weighted by molar-refractivity contribution is 5.69. The molecule has 0 rings (SSSR count). The van der Waals surface area contributed by atoms with Gasteiger partial charge in [-0.05, 0) is 25.0 Å². The fraction of sp³-hybridized carbons (Fsp3) is 0.714. The van der Waals surface area contributed by atoms with Gasteiger partial charge in [0, 0.05) is 13.3 Å². The molecule has 0 aliphatic carbocycles. The molecule has 0 N–H and O–H groups in total. The first-order valence-electron chi connectivity index (χ1n) is 6.59. The number of rotatable bonds is 9. The molecule has 0 bridgehead atoms. The molecule has 0 aliphatic rings. The zero-order valence-electron chi connectivity index (χ0n) is 11.6. The Balaban J connectivity index is 4.09. The average molecular weight is 256 g/mol. The monoisotopic (exact) mass is 256 g/mol. The summed E-state index contributed by atoms with van der Waals surface area (Å²) in [6.07, 6.45) is 7.78. The highest BCUT2D eigenvalue weighted by atomic mass is 16.5. The smallest absolute Gasteiger partial charge is 0.306 e. The van der Waals surface area contributed by atoms with E-state index in [0.29, 0.717) is 6.42 Å².